The maximum absolute atomic E-state index is 12.4. The molecule has 2 amide bonds. The van der Waals surface area contributed by atoms with E-state index in [-0.39, 0.29) is 11.9 Å². The number of ether oxygens (including phenoxy) is 1. The van der Waals surface area contributed by atoms with Gasteiger partial charge in [0.05, 0.1) is 0 Å². The van der Waals surface area contributed by atoms with Crippen LogP contribution in [0.15, 0.2) is 0 Å². The summed E-state index contributed by atoms with van der Waals surface area (Å²) < 4.78 is 5.69. The molecule has 0 aromatic carbocycles. The fraction of sp³-hybridized carbons (Fsp3) is 0.875. The van der Waals surface area contributed by atoms with Crippen molar-refractivity contribution >= 4 is 11.8 Å². The number of hydrogen-bond donors (Lipinski definition) is 1. The van der Waals surface area contributed by atoms with Crippen molar-refractivity contribution in [2.24, 2.45) is 5.92 Å². The first-order valence-corrected chi connectivity index (χ1v) is 8.32. The molecule has 0 radical (unpaired) electrons. The van der Waals surface area contributed by atoms with Gasteiger partial charge in [0.1, 0.15) is 5.60 Å². The number of rotatable bonds is 3. The van der Waals surface area contributed by atoms with Crippen LogP contribution in [0.3, 0.4) is 0 Å². The van der Waals surface area contributed by atoms with Crippen LogP contribution in [0.2, 0.25) is 0 Å². The number of carbonyl (C=O) groups excluding carboxylic acids is 2. The molecule has 3 rings (SSSR count). The predicted molar refractivity (Wildman–Crippen MR) is 78.7 cm³/mol. The second-order valence-electron chi connectivity index (χ2n) is 6.88. The number of likely N-dealkylation sites (tertiary alicyclic amines) is 1. The molecule has 0 spiro atoms. The van der Waals surface area contributed by atoms with E-state index in [1.165, 1.54) is 0 Å². The first kappa shape index (κ1) is 14.8. The average Bonchev–Trinajstić information content (AvgIpc) is 3.33. The number of piperidine rings is 1. The molecule has 0 bridgehead atoms. The summed E-state index contributed by atoms with van der Waals surface area (Å²) >= 11 is 0. The van der Waals surface area contributed by atoms with E-state index in [1.807, 2.05) is 11.8 Å². The number of nitrogens with one attached hydrogen (secondary N) is 1. The number of nitrogens with zero attached hydrogens (tertiary/aromatic N) is 1. The highest BCUT2D eigenvalue weighted by molar-refractivity contribution is 5.85. The third kappa shape index (κ3) is 3.39. The van der Waals surface area contributed by atoms with Crippen LogP contribution in [0.4, 0.5) is 0 Å². The van der Waals surface area contributed by atoms with E-state index in [1.54, 1.807) is 0 Å². The molecule has 3 aliphatic rings. The van der Waals surface area contributed by atoms with Gasteiger partial charge in [0.2, 0.25) is 5.91 Å². The van der Waals surface area contributed by atoms with Crippen LogP contribution in [0, 0.1) is 5.92 Å². The summed E-state index contributed by atoms with van der Waals surface area (Å²) in [7, 11) is 0. The Hall–Kier alpha value is -1.10. The topological polar surface area (TPSA) is 58.6 Å². The van der Waals surface area contributed by atoms with Gasteiger partial charge in [0, 0.05) is 31.7 Å². The molecule has 5 heteroatoms. The molecule has 1 unspecified atom stereocenters. The van der Waals surface area contributed by atoms with E-state index in [9.17, 15) is 9.59 Å². The lowest BCUT2D eigenvalue weighted by molar-refractivity contribution is -0.151. The van der Waals surface area contributed by atoms with E-state index in [0.29, 0.717) is 18.4 Å². The Morgan fingerprint density at radius 2 is 1.86 bits per heavy atom. The van der Waals surface area contributed by atoms with Crippen LogP contribution in [0.1, 0.15) is 51.9 Å². The molecule has 2 saturated heterocycles. The maximum Gasteiger partial charge on any atom is 0.252 e. The molecule has 0 aromatic rings. The van der Waals surface area contributed by atoms with Crippen LogP contribution < -0.4 is 5.32 Å². The molecule has 3 fully saturated rings. The first-order chi connectivity index (χ1) is 10.1. The Morgan fingerprint density at radius 3 is 2.43 bits per heavy atom. The standard InChI is InChI=1S/C16H26N2O3/c1-16(8-2-3-11-21-16)15(20)17-13-6-9-18(10-7-13)14(19)12-4-5-12/h12-13H,2-11H2,1H3,(H,17,20). The average molecular weight is 294 g/mol. The molecule has 5 nitrogen and oxygen atoms in total. The van der Waals surface area contributed by atoms with E-state index >= 15 is 0 Å². The van der Waals surface area contributed by atoms with Gasteiger partial charge in [0.15, 0.2) is 0 Å². The highest BCUT2D eigenvalue weighted by Crippen LogP contribution is 2.32. The molecular formula is C16H26N2O3. The van der Waals surface area contributed by atoms with Crippen molar-refractivity contribution in [3.05, 3.63) is 0 Å². The highest BCUT2D eigenvalue weighted by atomic mass is 16.5. The lowest BCUT2D eigenvalue weighted by Crippen LogP contribution is -2.54. The Labute approximate surface area is 126 Å². The minimum Gasteiger partial charge on any atom is -0.365 e. The summed E-state index contributed by atoms with van der Waals surface area (Å²) in [4.78, 5) is 26.4. The first-order valence-electron chi connectivity index (χ1n) is 8.32. The van der Waals surface area contributed by atoms with Crippen molar-refractivity contribution in [3.63, 3.8) is 0 Å². The summed E-state index contributed by atoms with van der Waals surface area (Å²) in [5, 5.41) is 3.13. The monoisotopic (exact) mass is 294 g/mol. The zero-order valence-corrected chi connectivity index (χ0v) is 12.9. The van der Waals surface area contributed by atoms with Gasteiger partial charge in [0.25, 0.3) is 5.91 Å². The summed E-state index contributed by atoms with van der Waals surface area (Å²) in [6, 6.07) is 0.183. The maximum atomic E-state index is 12.4. The van der Waals surface area contributed by atoms with Crippen LogP contribution in [0.5, 0.6) is 0 Å². The predicted octanol–water partition coefficient (Wildman–Crippen LogP) is 1.46. The summed E-state index contributed by atoms with van der Waals surface area (Å²) in [5.41, 5.74) is -0.654. The van der Waals surface area contributed by atoms with Gasteiger partial charge < -0.3 is 15.0 Å². The SMILES string of the molecule is CC1(C(=O)NC2CCN(C(=O)C3CC3)CC2)CCCCO1. The molecule has 2 heterocycles. The molecule has 1 N–H and O–H groups in total. The van der Waals surface area contributed by atoms with Gasteiger partial charge in [-0.15, -0.1) is 0 Å². The number of carbonyl (C=O) groups is 2. The van der Waals surface area contributed by atoms with Crippen molar-refractivity contribution in [1.29, 1.82) is 0 Å². The van der Waals surface area contributed by atoms with Crippen LogP contribution in [-0.4, -0.2) is 48.1 Å². The summed E-state index contributed by atoms with van der Waals surface area (Å²) in [6.45, 7) is 4.13. The Kier molecular flexibility index (Phi) is 4.20. The normalized spacial score (nSPS) is 31.0. The third-order valence-corrected chi connectivity index (χ3v) is 5.02. The van der Waals surface area contributed by atoms with Crippen molar-refractivity contribution in [2.75, 3.05) is 19.7 Å². The molecule has 118 valence electrons. The number of amides is 2. The molecule has 1 saturated carbocycles. The van der Waals surface area contributed by atoms with Gasteiger partial charge in [-0.3, -0.25) is 9.59 Å². The summed E-state index contributed by atoms with van der Waals surface area (Å²) in [6.07, 6.45) is 6.75. The molecule has 1 aliphatic carbocycles. The van der Waals surface area contributed by atoms with Crippen LogP contribution in [-0.2, 0) is 14.3 Å². The molecule has 2 aliphatic heterocycles. The van der Waals surface area contributed by atoms with Crippen LogP contribution >= 0.6 is 0 Å². The minimum absolute atomic E-state index is 0.0224. The van der Waals surface area contributed by atoms with Crippen molar-refractivity contribution in [2.45, 2.75) is 63.5 Å². The molecule has 0 aromatic heterocycles. The Morgan fingerprint density at radius 1 is 1.14 bits per heavy atom. The lowest BCUT2D eigenvalue weighted by Gasteiger charge is -2.37. The van der Waals surface area contributed by atoms with E-state index in [0.717, 1.165) is 58.0 Å². The van der Waals surface area contributed by atoms with Crippen molar-refractivity contribution < 1.29 is 14.3 Å². The molecule has 1 atom stereocenters. The quantitative estimate of drug-likeness (QED) is 0.857. The minimum atomic E-state index is -0.654. The lowest BCUT2D eigenvalue weighted by atomic mass is 9.94. The van der Waals surface area contributed by atoms with Crippen molar-refractivity contribution in [1.82, 2.24) is 10.2 Å². The number of hydrogen-bond acceptors (Lipinski definition) is 3. The van der Waals surface area contributed by atoms with E-state index in [4.69, 9.17) is 4.74 Å². The Bertz CT molecular complexity index is 406. The van der Waals surface area contributed by atoms with Gasteiger partial charge >= 0.3 is 0 Å². The zero-order chi connectivity index (χ0) is 14.9. The smallest absolute Gasteiger partial charge is 0.252 e. The van der Waals surface area contributed by atoms with Crippen molar-refractivity contribution in [3.8, 4) is 0 Å². The fourth-order valence-electron chi connectivity index (χ4n) is 3.28. The zero-order valence-electron chi connectivity index (χ0n) is 12.9. The van der Waals surface area contributed by atoms with Gasteiger partial charge in [-0.2, -0.15) is 0 Å². The fourth-order valence-corrected chi connectivity index (χ4v) is 3.28. The van der Waals surface area contributed by atoms with Gasteiger partial charge in [-0.25, -0.2) is 0 Å². The van der Waals surface area contributed by atoms with E-state index in [2.05, 4.69) is 5.32 Å². The summed E-state index contributed by atoms with van der Waals surface area (Å²) in [5.74, 6) is 0.641. The second-order valence-corrected chi connectivity index (χ2v) is 6.88. The largest absolute Gasteiger partial charge is 0.365 e. The molecule has 21 heavy (non-hydrogen) atoms. The van der Waals surface area contributed by atoms with E-state index < -0.39 is 5.60 Å². The Balaban J connectivity index is 1.46. The molecular weight excluding hydrogens is 268 g/mol. The second kappa shape index (κ2) is 5.95. The highest BCUT2D eigenvalue weighted by Gasteiger charge is 2.38. The van der Waals surface area contributed by atoms with Crippen LogP contribution in [0.25, 0.3) is 0 Å². The third-order valence-electron chi connectivity index (χ3n) is 5.02. The van der Waals surface area contributed by atoms with Gasteiger partial charge in [-0.1, -0.05) is 0 Å². The van der Waals surface area contributed by atoms with Gasteiger partial charge in [-0.05, 0) is 51.9 Å².